The highest BCUT2D eigenvalue weighted by atomic mass is 16.5. The number of ether oxygens (including phenoxy) is 1. The maximum absolute atomic E-state index is 11.1. The Kier molecular flexibility index (Phi) is 4.26. The lowest BCUT2D eigenvalue weighted by atomic mass is 9.92. The van der Waals surface area contributed by atoms with E-state index >= 15 is 0 Å². The van der Waals surface area contributed by atoms with Gasteiger partial charge in [-0.2, -0.15) is 0 Å². The molecule has 0 saturated carbocycles. The Bertz CT molecular complexity index is 165. The van der Waals surface area contributed by atoms with E-state index in [2.05, 4.69) is 6.92 Å². The van der Waals surface area contributed by atoms with Crippen LogP contribution in [-0.4, -0.2) is 12.6 Å². The highest BCUT2D eigenvalue weighted by Crippen LogP contribution is 2.26. The van der Waals surface area contributed by atoms with Crippen LogP contribution in [-0.2, 0) is 9.53 Å². The minimum absolute atomic E-state index is 0.000455. The molecule has 0 aromatic rings. The SMILES string of the molecule is CCCCCCC1COC(=O)C1C. The normalized spacial score (nSPS) is 27.7. The molecule has 0 aromatic heterocycles. The van der Waals surface area contributed by atoms with Crippen LogP contribution in [0, 0.1) is 11.8 Å². The maximum atomic E-state index is 11.1. The van der Waals surface area contributed by atoms with Crippen LogP contribution in [0.1, 0.15) is 46.0 Å². The fraction of sp³-hybridized carbons (Fsp3) is 0.909. The molecule has 1 aliphatic rings. The summed E-state index contributed by atoms with van der Waals surface area (Å²) in [5, 5.41) is 0. The molecule has 1 aliphatic heterocycles. The number of carbonyl (C=O) groups excluding carboxylic acids is 1. The van der Waals surface area contributed by atoms with Crippen molar-refractivity contribution in [3.63, 3.8) is 0 Å². The van der Waals surface area contributed by atoms with E-state index in [1.54, 1.807) is 0 Å². The molecule has 0 spiro atoms. The van der Waals surface area contributed by atoms with Crippen LogP contribution in [0.25, 0.3) is 0 Å². The van der Waals surface area contributed by atoms with Gasteiger partial charge >= 0.3 is 5.97 Å². The van der Waals surface area contributed by atoms with Crippen LogP contribution in [0.2, 0.25) is 0 Å². The third-order valence-corrected chi connectivity index (χ3v) is 2.95. The summed E-state index contributed by atoms with van der Waals surface area (Å²) in [5.41, 5.74) is 0. The molecule has 1 heterocycles. The molecule has 2 nitrogen and oxygen atoms in total. The fourth-order valence-electron chi connectivity index (χ4n) is 1.82. The molecule has 76 valence electrons. The Labute approximate surface area is 80.7 Å². The van der Waals surface area contributed by atoms with Crippen molar-refractivity contribution in [1.29, 1.82) is 0 Å². The predicted molar refractivity (Wildman–Crippen MR) is 52.4 cm³/mol. The van der Waals surface area contributed by atoms with E-state index in [1.807, 2.05) is 6.92 Å². The van der Waals surface area contributed by atoms with Gasteiger partial charge in [0.05, 0.1) is 12.5 Å². The average Bonchev–Trinajstić information content (AvgIpc) is 2.43. The van der Waals surface area contributed by atoms with Gasteiger partial charge in [-0.05, 0) is 6.42 Å². The van der Waals surface area contributed by atoms with Gasteiger partial charge < -0.3 is 4.74 Å². The van der Waals surface area contributed by atoms with Crippen LogP contribution < -0.4 is 0 Å². The molecule has 0 aliphatic carbocycles. The second-order valence-corrected chi connectivity index (χ2v) is 4.03. The van der Waals surface area contributed by atoms with Crippen LogP contribution in [0.3, 0.4) is 0 Å². The lowest BCUT2D eigenvalue weighted by molar-refractivity contribution is -0.140. The third-order valence-electron chi connectivity index (χ3n) is 2.95. The van der Waals surface area contributed by atoms with Crippen molar-refractivity contribution in [2.75, 3.05) is 6.61 Å². The van der Waals surface area contributed by atoms with Crippen molar-refractivity contribution in [2.45, 2.75) is 46.0 Å². The van der Waals surface area contributed by atoms with E-state index < -0.39 is 0 Å². The summed E-state index contributed by atoms with van der Waals surface area (Å²) in [7, 11) is 0. The van der Waals surface area contributed by atoms with Gasteiger partial charge in [-0.25, -0.2) is 0 Å². The summed E-state index contributed by atoms with van der Waals surface area (Å²) in [6.45, 7) is 4.86. The Balaban J connectivity index is 2.11. The van der Waals surface area contributed by atoms with Crippen LogP contribution in [0.5, 0.6) is 0 Å². The summed E-state index contributed by atoms with van der Waals surface area (Å²) in [6.07, 6.45) is 6.30. The van der Waals surface area contributed by atoms with Gasteiger partial charge in [0, 0.05) is 5.92 Å². The van der Waals surface area contributed by atoms with E-state index in [4.69, 9.17) is 4.74 Å². The van der Waals surface area contributed by atoms with Crippen molar-refractivity contribution >= 4 is 5.97 Å². The minimum Gasteiger partial charge on any atom is -0.465 e. The molecular formula is C11H20O2. The standard InChI is InChI=1S/C11H20O2/c1-3-4-5-6-7-10-8-13-11(12)9(10)2/h9-10H,3-8H2,1-2H3. The van der Waals surface area contributed by atoms with Gasteiger partial charge in [-0.1, -0.05) is 39.5 Å². The molecule has 0 aromatic carbocycles. The number of carbonyl (C=O) groups is 1. The lowest BCUT2D eigenvalue weighted by Crippen LogP contribution is -2.11. The Morgan fingerprint density at radius 1 is 1.38 bits per heavy atom. The molecule has 0 N–H and O–H groups in total. The molecule has 2 atom stereocenters. The van der Waals surface area contributed by atoms with Crippen LogP contribution in [0.15, 0.2) is 0 Å². The summed E-state index contributed by atoms with van der Waals surface area (Å²) in [5.74, 6) is 0.631. The summed E-state index contributed by atoms with van der Waals surface area (Å²) in [6, 6.07) is 0. The van der Waals surface area contributed by atoms with Gasteiger partial charge in [0.1, 0.15) is 0 Å². The van der Waals surface area contributed by atoms with Gasteiger partial charge in [0.15, 0.2) is 0 Å². The molecule has 1 rings (SSSR count). The Morgan fingerprint density at radius 2 is 2.15 bits per heavy atom. The second-order valence-electron chi connectivity index (χ2n) is 4.03. The van der Waals surface area contributed by atoms with Crippen LogP contribution in [0.4, 0.5) is 0 Å². The van der Waals surface area contributed by atoms with Crippen molar-refractivity contribution in [1.82, 2.24) is 0 Å². The van der Waals surface area contributed by atoms with E-state index in [-0.39, 0.29) is 11.9 Å². The van der Waals surface area contributed by atoms with Crippen molar-refractivity contribution < 1.29 is 9.53 Å². The van der Waals surface area contributed by atoms with E-state index in [0.29, 0.717) is 12.5 Å². The van der Waals surface area contributed by atoms with E-state index in [9.17, 15) is 4.79 Å². The molecule has 13 heavy (non-hydrogen) atoms. The minimum atomic E-state index is 0.000455. The quantitative estimate of drug-likeness (QED) is 0.485. The number of unbranched alkanes of at least 4 members (excludes halogenated alkanes) is 3. The van der Waals surface area contributed by atoms with Crippen molar-refractivity contribution in [3.8, 4) is 0 Å². The predicted octanol–water partition coefficient (Wildman–Crippen LogP) is 2.77. The average molecular weight is 184 g/mol. The topological polar surface area (TPSA) is 26.3 Å². The first-order valence-corrected chi connectivity index (χ1v) is 5.42. The number of rotatable bonds is 5. The lowest BCUT2D eigenvalue weighted by Gasteiger charge is -2.09. The number of esters is 1. The molecule has 2 heteroatoms. The maximum Gasteiger partial charge on any atom is 0.309 e. The number of hydrogen-bond acceptors (Lipinski definition) is 2. The highest BCUT2D eigenvalue weighted by Gasteiger charge is 2.32. The molecular weight excluding hydrogens is 164 g/mol. The highest BCUT2D eigenvalue weighted by molar-refractivity contribution is 5.74. The first-order valence-electron chi connectivity index (χ1n) is 5.42. The smallest absolute Gasteiger partial charge is 0.309 e. The first-order chi connectivity index (χ1) is 6.25. The third kappa shape index (κ3) is 3.02. The second kappa shape index (κ2) is 5.25. The molecule has 1 fully saturated rings. The zero-order valence-electron chi connectivity index (χ0n) is 8.71. The number of hydrogen-bond donors (Lipinski definition) is 0. The number of cyclic esters (lactones) is 1. The van der Waals surface area contributed by atoms with Crippen LogP contribution >= 0.6 is 0 Å². The van der Waals surface area contributed by atoms with Crippen molar-refractivity contribution in [3.05, 3.63) is 0 Å². The largest absolute Gasteiger partial charge is 0.465 e. The molecule has 0 bridgehead atoms. The zero-order chi connectivity index (χ0) is 9.68. The monoisotopic (exact) mass is 184 g/mol. The van der Waals surface area contributed by atoms with E-state index in [1.165, 1.54) is 25.7 Å². The molecule has 0 radical (unpaired) electrons. The Morgan fingerprint density at radius 3 is 2.69 bits per heavy atom. The summed E-state index contributed by atoms with van der Waals surface area (Å²) >= 11 is 0. The zero-order valence-corrected chi connectivity index (χ0v) is 8.71. The summed E-state index contributed by atoms with van der Waals surface area (Å²) < 4.78 is 5.00. The van der Waals surface area contributed by atoms with Crippen molar-refractivity contribution in [2.24, 2.45) is 11.8 Å². The van der Waals surface area contributed by atoms with Gasteiger partial charge in [-0.3, -0.25) is 4.79 Å². The van der Waals surface area contributed by atoms with E-state index in [0.717, 1.165) is 6.42 Å². The van der Waals surface area contributed by atoms with Gasteiger partial charge in [0.2, 0.25) is 0 Å². The molecule has 1 saturated heterocycles. The fourth-order valence-corrected chi connectivity index (χ4v) is 1.82. The van der Waals surface area contributed by atoms with Gasteiger partial charge in [-0.15, -0.1) is 0 Å². The summed E-state index contributed by atoms with van der Waals surface area (Å²) in [4.78, 5) is 11.1. The first kappa shape index (κ1) is 10.6. The Hall–Kier alpha value is -0.530. The van der Waals surface area contributed by atoms with Gasteiger partial charge in [0.25, 0.3) is 0 Å². The molecule has 0 amide bonds. The molecule has 2 unspecified atom stereocenters.